The summed E-state index contributed by atoms with van der Waals surface area (Å²) in [5, 5.41) is 10.9. The van der Waals surface area contributed by atoms with Gasteiger partial charge in [-0.15, -0.1) is 0 Å². The molecule has 0 aliphatic heterocycles. The van der Waals surface area contributed by atoms with Gasteiger partial charge in [0.1, 0.15) is 33.5 Å². The minimum Gasteiger partial charge on any atom is -0.456 e. The van der Waals surface area contributed by atoms with Crippen molar-refractivity contribution in [2.45, 2.75) is 0 Å². The van der Waals surface area contributed by atoms with E-state index in [0.717, 1.165) is 126 Å². The van der Waals surface area contributed by atoms with E-state index in [1.165, 1.54) is 0 Å². The normalized spacial score (nSPS) is 12.0. The molecular weight excluding hydrogens is 799 g/mol. The molecule has 0 aliphatic rings. The molecule has 0 saturated heterocycles. The molecule has 65 heavy (non-hydrogen) atoms. The highest BCUT2D eigenvalue weighted by Gasteiger charge is 2.21. The molecule has 0 bridgehead atoms. The van der Waals surface area contributed by atoms with Crippen LogP contribution in [0.25, 0.3) is 144 Å². The smallest absolute Gasteiger partial charge is 0.164 e. The van der Waals surface area contributed by atoms with Crippen LogP contribution >= 0.6 is 0 Å². The van der Waals surface area contributed by atoms with E-state index in [0.29, 0.717) is 17.5 Å². The average Bonchev–Trinajstić information content (AvgIpc) is 4.06. The van der Waals surface area contributed by atoms with Crippen LogP contribution in [0.5, 0.6) is 0 Å². The lowest BCUT2D eigenvalue weighted by Gasteiger charge is -2.13. The van der Waals surface area contributed by atoms with Crippen molar-refractivity contribution in [3.63, 3.8) is 0 Å². The van der Waals surface area contributed by atoms with Gasteiger partial charge in [0, 0.05) is 54.6 Å². The number of furan rings is 3. The molecule has 0 aliphatic carbocycles. The first-order valence-corrected chi connectivity index (χ1v) is 21.7. The minimum atomic E-state index is 0.562. The van der Waals surface area contributed by atoms with Gasteiger partial charge in [-0.2, -0.15) is 0 Å². The number of nitrogens with zero attached hydrogens (tertiary/aromatic N) is 3. The lowest BCUT2D eigenvalue weighted by atomic mass is 9.92. The van der Waals surface area contributed by atoms with Gasteiger partial charge in [-0.3, -0.25) is 0 Å². The molecule has 0 spiro atoms. The Morgan fingerprint density at radius 1 is 0.262 bits per heavy atom. The molecule has 0 atom stereocenters. The van der Waals surface area contributed by atoms with Gasteiger partial charge in [0.05, 0.1) is 0 Å². The van der Waals surface area contributed by atoms with Crippen LogP contribution in [0.15, 0.2) is 213 Å². The zero-order valence-electron chi connectivity index (χ0n) is 34.6. The quantitative estimate of drug-likeness (QED) is 0.172. The Morgan fingerprint density at radius 2 is 0.769 bits per heavy atom. The van der Waals surface area contributed by atoms with Crippen LogP contribution in [0.3, 0.4) is 0 Å². The van der Waals surface area contributed by atoms with E-state index in [1.807, 2.05) is 42.5 Å². The van der Waals surface area contributed by atoms with Crippen molar-refractivity contribution in [3.8, 4) is 56.4 Å². The number of hydrogen-bond donors (Lipinski definition) is 0. The number of fused-ring (bicyclic) bond motifs is 11. The maximum atomic E-state index is 6.84. The first-order chi connectivity index (χ1) is 32.2. The molecule has 10 aromatic carbocycles. The Balaban J connectivity index is 0.965. The highest BCUT2D eigenvalue weighted by atomic mass is 16.3. The third-order valence-electron chi connectivity index (χ3n) is 12.9. The van der Waals surface area contributed by atoms with E-state index >= 15 is 0 Å². The highest BCUT2D eigenvalue weighted by Crippen LogP contribution is 2.44. The first-order valence-electron chi connectivity index (χ1n) is 21.7. The van der Waals surface area contributed by atoms with E-state index in [2.05, 4.69) is 158 Å². The lowest BCUT2D eigenvalue weighted by molar-refractivity contribution is 0.668. The molecular formula is C59H33N3O3. The second kappa shape index (κ2) is 13.8. The number of benzene rings is 10. The van der Waals surface area contributed by atoms with E-state index in [-0.39, 0.29) is 0 Å². The monoisotopic (exact) mass is 831 g/mol. The standard InChI is InChI=1S/C59H33N3O3/c1-2-12-35-29-38(24-23-34(35)11-1)57-60-58(39-26-28-46-44-16-6-8-21-51(44)64-54(46)33-39)62-59(61-57)40-30-36-13-3-4-14-41(36)49(31-40)47-18-10-22-52-55(47)48-19-9-17-42(56(48)65-52)37-25-27-45-43-15-5-7-20-50(43)63-53(45)32-37/h1-33H. The zero-order chi connectivity index (χ0) is 42.6. The minimum absolute atomic E-state index is 0.562. The number of hydrogen-bond acceptors (Lipinski definition) is 6. The maximum Gasteiger partial charge on any atom is 0.164 e. The van der Waals surface area contributed by atoms with Crippen LogP contribution in [0.1, 0.15) is 0 Å². The molecule has 6 heteroatoms. The Bertz CT molecular complexity index is 4270. The van der Waals surface area contributed by atoms with E-state index in [9.17, 15) is 0 Å². The molecule has 0 N–H and O–H groups in total. The summed E-state index contributed by atoms with van der Waals surface area (Å²) < 4.78 is 19.5. The van der Waals surface area contributed by atoms with Gasteiger partial charge in [-0.1, -0.05) is 140 Å². The molecule has 4 heterocycles. The molecule has 0 amide bonds. The van der Waals surface area contributed by atoms with Gasteiger partial charge in [-0.05, 0) is 98.9 Å². The van der Waals surface area contributed by atoms with Crippen molar-refractivity contribution >= 4 is 87.4 Å². The molecule has 14 rings (SSSR count). The van der Waals surface area contributed by atoms with Gasteiger partial charge in [0.15, 0.2) is 17.5 Å². The maximum absolute atomic E-state index is 6.84. The van der Waals surface area contributed by atoms with Crippen molar-refractivity contribution in [3.05, 3.63) is 200 Å². The highest BCUT2D eigenvalue weighted by molar-refractivity contribution is 6.18. The predicted octanol–water partition coefficient (Wildman–Crippen LogP) is 16.2. The van der Waals surface area contributed by atoms with Gasteiger partial charge in [0.25, 0.3) is 0 Å². The van der Waals surface area contributed by atoms with E-state index in [4.69, 9.17) is 28.2 Å². The van der Waals surface area contributed by atoms with Crippen LogP contribution in [0.4, 0.5) is 0 Å². The molecule has 0 fully saturated rings. The summed E-state index contributed by atoms with van der Waals surface area (Å²) in [5.41, 5.74) is 11.8. The van der Waals surface area contributed by atoms with Gasteiger partial charge >= 0.3 is 0 Å². The Kier molecular flexibility index (Phi) is 7.59. The SMILES string of the molecule is c1ccc2cc(-c3nc(-c4cc(-c5cccc6oc7c(-c8ccc9c(c8)oc8ccccc89)cccc7c56)c5ccccc5c4)nc(-c4ccc5c(c4)oc4ccccc45)n3)ccc2c1. The number of para-hydroxylation sites is 3. The molecule has 6 nitrogen and oxygen atoms in total. The summed E-state index contributed by atoms with van der Waals surface area (Å²) >= 11 is 0. The molecule has 14 aromatic rings. The lowest BCUT2D eigenvalue weighted by Crippen LogP contribution is -2.00. The second-order valence-electron chi connectivity index (χ2n) is 16.7. The summed E-state index contributed by atoms with van der Waals surface area (Å²) in [6, 6.07) is 69.3. The molecule has 0 radical (unpaired) electrons. The van der Waals surface area contributed by atoms with Crippen molar-refractivity contribution in [2.24, 2.45) is 0 Å². The largest absolute Gasteiger partial charge is 0.456 e. The Hall–Kier alpha value is -8.87. The predicted molar refractivity (Wildman–Crippen MR) is 264 cm³/mol. The third-order valence-corrected chi connectivity index (χ3v) is 12.9. The van der Waals surface area contributed by atoms with Crippen LogP contribution < -0.4 is 0 Å². The fourth-order valence-corrected chi connectivity index (χ4v) is 9.81. The molecule has 0 saturated carbocycles. The van der Waals surface area contributed by atoms with Crippen LogP contribution in [0, 0.1) is 0 Å². The summed E-state index contributed by atoms with van der Waals surface area (Å²) in [4.78, 5) is 15.7. The van der Waals surface area contributed by atoms with Crippen molar-refractivity contribution in [1.82, 2.24) is 15.0 Å². The summed E-state index contributed by atoms with van der Waals surface area (Å²) in [6.45, 7) is 0. The number of rotatable bonds is 5. The van der Waals surface area contributed by atoms with Gasteiger partial charge < -0.3 is 13.3 Å². The van der Waals surface area contributed by atoms with Gasteiger partial charge in [0.2, 0.25) is 0 Å². The average molecular weight is 832 g/mol. The summed E-state index contributed by atoms with van der Waals surface area (Å²) in [6.07, 6.45) is 0. The third kappa shape index (κ3) is 5.64. The molecule has 302 valence electrons. The Morgan fingerprint density at radius 3 is 1.52 bits per heavy atom. The van der Waals surface area contributed by atoms with Crippen LogP contribution in [-0.4, -0.2) is 15.0 Å². The van der Waals surface area contributed by atoms with Crippen molar-refractivity contribution in [1.29, 1.82) is 0 Å². The van der Waals surface area contributed by atoms with Crippen LogP contribution in [-0.2, 0) is 0 Å². The van der Waals surface area contributed by atoms with Crippen LogP contribution in [0.2, 0.25) is 0 Å². The van der Waals surface area contributed by atoms with Crippen molar-refractivity contribution in [2.75, 3.05) is 0 Å². The van der Waals surface area contributed by atoms with E-state index in [1.54, 1.807) is 0 Å². The fourth-order valence-electron chi connectivity index (χ4n) is 9.81. The van der Waals surface area contributed by atoms with E-state index < -0.39 is 0 Å². The second-order valence-corrected chi connectivity index (χ2v) is 16.7. The molecule has 0 unspecified atom stereocenters. The zero-order valence-corrected chi connectivity index (χ0v) is 34.6. The molecule has 4 aromatic heterocycles. The fraction of sp³-hybridized carbons (Fsp3) is 0. The Labute approximate surface area is 370 Å². The summed E-state index contributed by atoms with van der Waals surface area (Å²) in [7, 11) is 0. The van der Waals surface area contributed by atoms with Crippen molar-refractivity contribution < 1.29 is 13.3 Å². The van der Waals surface area contributed by atoms with Gasteiger partial charge in [-0.25, -0.2) is 15.0 Å². The topological polar surface area (TPSA) is 78.1 Å². The number of aromatic nitrogens is 3. The first kappa shape index (κ1) is 35.7. The summed E-state index contributed by atoms with van der Waals surface area (Å²) in [5.74, 6) is 1.72.